The van der Waals surface area contributed by atoms with E-state index in [0.717, 1.165) is 20.0 Å². The van der Waals surface area contributed by atoms with Crippen LogP contribution in [0.25, 0.3) is 11.0 Å². The Morgan fingerprint density at radius 3 is 2.03 bits per heavy atom. The minimum absolute atomic E-state index is 0. The molecule has 0 saturated heterocycles. The fourth-order valence-corrected chi connectivity index (χ4v) is 4.13. The predicted molar refractivity (Wildman–Crippen MR) is 126 cm³/mol. The van der Waals surface area contributed by atoms with Crippen LogP contribution in [0.2, 0.25) is 10.0 Å². The summed E-state index contributed by atoms with van der Waals surface area (Å²) in [6.07, 6.45) is 0. The Hall–Kier alpha value is -1.64. The van der Waals surface area contributed by atoms with Gasteiger partial charge in [0.2, 0.25) is 13.5 Å². The van der Waals surface area contributed by atoms with Gasteiger partial charge in [-0.2, -0.15) is 9.13 Å². The van der Waals surface area contributed by atoms with Crippen molar-refractivity contribution in [3.63, 3.8) is 0 Å². The lowest BCUT2D eigenvalue weighted by Crippen LogP contribution is -3.00. The number of hydrogen-bond donors (Lipinski definition) is 1. The molecule has 4 aromatic rings. The molecule has 162 valence electrons. The molecule has 0 aliphatic rings. The monoisotopic (exact) mass is 605 g/mol. The van der Waals surface area contributed by atoms with Crippen LogP contribution in [0.5, 0.6) is 11.5 Å². The Morgan fingerprint density at radius 1 is 0.871 bits per heavy atom. The number of hydrogen-bond acceptors (Lipinski definition) is 3. The zero-order valence-corrected chi connectivity index (χ0v) is 21.3. The Balaban J connectivity index is 0.00000272. The molecule has 2 N–H and O–H groups in total. The van der Waals surface area contributed by atoms with Gasteiger partial charge in [-0.1, -0.05) is 47.5 Å². The highest BCUT2D eigenvalue weighted by atomic mass is 79.9. The summed E-state index contributed by atoms with van der Waals surface area (Å²) in [5.74, 6) is 1.85. The summed E-state index contributed by atoms with van der Waals surface area (Å²) in [4.78, 5) is 0. The normalized spacial score (nSPS) is 10.7. The number of anilines is 1. The maximum atomic E-state index is 6.48. The van der Waals surface area contributed by atoms with E-state index in [2.05, 4.69) is 31.9 Å². The molecule has 10 heteroatoms. The second-order valence-electron chi connectivity index (χ2n) is 6.38. The molecule has 0 fully saturated rings. The van der Waals surface area contributed by atoms with Crippen LogP contribution < -0.4 is 32.2 Å². The van der Waals surface area contributed by atoms with Gasteiger partial charge in [0.25, 0.3) is 0 Å². The summed E-state index contributed by atoms with van der Waals surface area (Å²) in [6, 6.07) is 18.8. The van der Waals surface area contributed by atoms with Crippen LogP contribution in [0.15, 0.2) is 69.6 Å². The summed E-state index contributed by atoms with van der Waals surface area (Å²) in [5.41, 5.74) is 8.04. The highest BCUT2D eigenvalue weighted by Crippen LogP contribution is 2.30. The van der Waals surface area contributed by atoms with Crippen molar-refractivity contribution in [3.05, 3.63) is 79.7 Å². The maximum Gasteiger partial charge on any atom is 0.361 e. The first kappa shape index (κ1) is 24.0. The highest BCUT2D eigenvalue weighted by Gasteiger charge is 2.24. The van der Waals surface area contributed by atoms with Crippen molar-refractivity contribution in [1.29, 1.82) is 0 Å². The van der Waals surface area contributed by atoms with Crippen LogP contribution in [0, 0.1) is 0 Å². The first-order chi connectivity index (χ1) is 14.5. The quantitative estimate of drug-likeness (QED) is 0.342. The van der Waals surface area contributed by atoms with Crippen LogP contribution in [0.4, 0.5) is 5.95 Å². The smallest absolute Gasteiger partial charge is 0.361 e. The Morgan fingerprint density at radius 2 is 1.42 bits per heavy atom. The number of para-hydroxylation sites is 2. The van der Waals surface area contributed by atoms with Gasteiger partial charge in [-0.15, -0.1) is 0 Å². The molecule has 4 rings (SSSR count). The maximum absolute atomic E-state index is 6.48. The number of nitrogens with zero attached hydrogens (tertiary/aromatic N) is 2. The molecule has 5 nitrogen and oxygen atoms in total. The van der Waals surface area contributed by atoms with Crippen LogP contribution in [0.3, 0.4) is 0 Å². The average Bonchev–Trinajstić information content (AvgIpc) is 2.97. The summed E-state index contributed by atoms with van der Waals surface area (Å²) in [6.45, 7) is 0.371. The zero-order valence-electron chi connectivity index (χ0n) is 15.9. The van der Waals surface area contributed by atoms with Gasteiger partial charge in [0.15, 0.2) is 0 Å². The highest BCUT2D eigenvalue weighted by molar-refractivity contribution is 9.10. The number of nitrogens with two attached hydrogens (primary N) is 1. The predicted octanol–water partition coefficient (Wildman–Crippen LogP) is 3.42. The number of halogens is 5. The van der Waals surface area contributed by atoms with Gasteiger partial charge < -0.3 is 21.9 Å². The van der Waals surface area contributed by atoms with Gasteiger partial charge in [0, 0.05) is 12.1 Å². The SMILES string of the molecule is Nc1n(COc2ccccc2Br)c2cc(Cl)c(Cl)cc2[n+]1COc1ccccc1Br.[Cl-]. The van der Waals surface area contributed by atoms with E-state index in [0.29, 0.717) is 27.5 Å². The standard InChI is InChI=1S/C21H15Br2Cl2N3O2.ClH/c22-13-5-1-3-7-19(13)29-11-27-17-9-15(24)16(25)10-18(17)28(21(27)26)12-30-20-8-4-2-6-14(20)23;/h1-10,26H,11-12H2;1H. The Bertz CT molecular complexity index is 1140. The minimum atomic E-state index is 0. The molecule has 0 aliphatic carbocycles. The van der Waals surface area contributed by atoms with Crippen LogP contribution in [-0.4, -0.2) is 4.57 Å². The van der Waals surface area contributed by atoms with E-state index in [1.165, 1.54) is 0 Å². The molecule has 1 heterocycles. The van der Waals surface area contributed by atoms with Crippen molar-refractivity contribution in [2.75, 3.05) is 5.73 Å². The summed E-state index contributed by atoms with van der Waals surface area (Å²) < 4.78 is 17.3. The molecule has 0 amide bonds. The van der Waals surface area contributed by atoms with Gasteiger partial charge in [-0.25, -0.2) is 0 Å². The third-order valence-corrected chi connectivity index (χ3v) is 6.56. The molecule has 0 radical (unpaired) electrons. The van der Waals surface area contributed by atoms with E-state index >= 15 is 0 Å². The zero-order chi connectivity index (χ0) is 21.3. The van der Waals surface area contributed by atoms with E-state index in [-0.39, 0.29) is 25.9 Å². The molecule has 31 heavy (non-hydrogen) atoms. The van der Waals surface area contributed by atoms with Crippen molar-refractivity contribution < 1.29 is 26.4 Å². The van der Waals surface area contributed by atoms with Crippen LogP contribution >= 0.6 is 55.1 Å². The lowest BCUT2D eigenvalue weighted by atomic mass is 10.3. The average molecular weight is 609 g/mol. The van der Waals surface area contributed by atoms with E-state index in [9.17, 15) is 0 Å². The van der Waals surface area contributed by atoms with Crippen molar-refractivity contribution in [1.82, 2.24) is 4.57 Å². The van der Waals surface area contributed by atoms with Gasteiger partial charge in [0.05, 0.1) is 19.0 Å². The minimum Gasteiger partial charge on any atom is -1.00 e. The third kappa shape index (κ3) is 5.07. The molecule has 0 saturated carbocycles. The number of rotatable bonds is 6. The molecule has 0 bridgehead atoms. The van der Waals surface area contributed by atoms with Crippen molar-refractivity contribution >= 4 is 72.0 Å². The van der Waals surface area contributed by atoms with Crippen LogP contribution in [0.1, 0.15) is 0 Å². The molecule has 1 aromatic heterocycles. The second-order valence-corrected chi connectivity index (χ2v) is 8.90. The molecule has 3 aromatic carbocycles. The van der Waals surface area contributed by atoms with Crippen molar-refractivity contribution in [2.45, 2.75) is 13.5 Å². The summed E-state index contributed by atoms with van der Waals surface area (Å²) in [5, 5.41) is 0.866. The second kappa shape index (κ2) is 10.3. The largest absolute Gasteiger partial charge is 1.00 e. The number of imidazole rings is 1. The van der Waals surface area contributed by atoms with E-state index in [1.807, 2.05) is 57.7 Å². The van der Waals surface area contributed by atoms with Gasteiger partial charge in [-0.05, 0) is 56.1 Å². The molecule has 0 unspecified atom stereocenters. The van der Waals surface area contributed by atoms with E-state index < -0.39 is 0 Å². The Labute approximate surface area is 212 Å². The first-order valence-electron chi connectivity index (χ1n) is 8.87. The fraction of sp³-hybridized carbons (Fsp3) is 0.0952. The summed E-state index contributed by atoms with van der Waals surface area (Å²) in [7, 11) is 0. The first-order valence-corrected chi connectivity index (χ1v) is 11.2. The van der Waals surface area contributed by atoms with Crippen molar-refractivity contribution in [3.8, 4) is 11.5 Å². The van der Waals surface area contributed by atoms with Crippen LogP contribution in [-0.2, 0) is 13.5 Å². The number of fused-ring (bicyclic) bond motifs is 1. The third-order valence-electron chi connectivity index (χ3n) is 4.52. The molecular weight excluding hydrogens is 592 g/mol. The number of ether oxygens (including phenoxy) is 2. The molecule has 0 atom stereocenters. The Kier molecular flexibility index (Phi) is 7.99. The van der Waals surface area contributed by atoms with Gasteiger partial charge in [-0.3, -0.25) is 5.73 Å². The number of benzene rings is 3. The van der Waals surface area contributed by atoms with Gasteiger partial charge >= 0.3 is 5.95 Å². The molecule has 0 spiro atoms. The van der Waals surface area contributed by atoms with Crippen molar-refractivity contribution in [2.24, 2.45) is 0 Å². The number of aromatic nitrogens is 2. The van der Waals surface area contributed by atoms with E-state index in [4.69, 9.17) is 38.4 Å². The molecular formula is C21H16Br2Cl3N3O2. The lowest BCUT2D eigenvalue weighted by Gasteiger charge is -2.08. The fourth-order valence-electron chi connectivity index (χ4n) is 3.01. The summed E-state index contributed by atoms with van der Waals surface area (Å²) >= 11 is 19.5. The lowest BCUT2D eigenvalue weighted by molar-refractivity contribution is -0.687. The topological polar surface area (TPSA) is 53.3 Å². The van der Waals surface area contributed by atoms with Gasteiger partial charge in [0.1, 0.15) is 22.5 Å². The van der Waals surface area contributed by atoms with E-state index in [1.54, 1.807) is 12.1 Å². The molecule has 0 aliphatic heterocycles. The number of nitrogen functional groups attached to an aromatic ring is 1.